The number of aryl methyl sites for hydroxylation is 1. The summed E-state index contributed by atoms with van der Waals surface area (Å²) >= 11 is 1.76. The van der Waals surface area contributed by atoms with E-state index >= 15 is 0 Å². The van der Waals surface area contributed by atoms with Gasteiger partial charge in [-0.25, -0.2) is 10.4 Å². The Bertz CT molecular complexity index is 502. The van der Waals surface area contributed by atoms with Gasteiger partial charge in [0.15, 0.2) is 0 Å². The normalized spacial score (nSPS) is 19.7. The monoisotopic (exact) mass is 246 g/mol. The zero-order chi connectivity index (χ0) is 11.7. The molecule has 88 valence electrons. The maximum atomic E-state index is 4.64. The van der Waals surface area contributed by atoms with Crippen LogP contribution in [0.2, 0.25) is 0 Å². The zero-order valence-electron chi connectivity index (χ0n) is 9.60. The number of nitrogens with zero attached hydrogens (tertiary/aromatic N) is 2. The van der Waals surface area contributed by atoms with Crippen molar-refractivity contribution < 1.29 is 0 Å². The van der Waals surface area contributed by atoms with Crippen molar-refractivity contribution in [2.75, 3.05) is 6.54 Å². The molecule has 1 atom stereocenters. The molecule has 5 heteroatoms. The summed E-state index contributed by atoms with van der Waals surface area (Å²) in [6, 6.07) is 4.40. The third-order valence-electron chi connectivity index (χ3n) is 2.89. The minimum Gasteiger partial charge on any atom is -0.264 e. The van der Waals surface area contributed by atoms with Crippen LogP contribution in [0.5, 0.6) is 0 Å². The molecule has 0 radical (unpaired) electrons. The highest BCUT2D eigenvalue weighted by atomic mass is 32.1. The van der Waals surface area contributed by atoms with E-state index in [9.17, 15) is 0 Å². The van der Waals surface area contributed by atoms with Crippen molar-refractivity contribution >= 4 is 11.3 Å². The van der Waals surface area contributed by atoms with Gasteiger partial charge < -0.3 is 0 Å². The van der Waals surface area contributed by atoms with E-state index in [1.54, 1.807) is 17.5 Å². The van der Waals surface area contributed by atoms with Crippen molar-refractivity contribution in [2.45, 2.75) is 19.4 Å². The molecular formula is C12H14N4S. The van der Waals surface area contributed by atoms with Gasteiger partial charge in [-0.2, -0.15) is 0 Å². The molecule has 0 saturated carbocycles. The van der Waals surface area contributed by atoms with Gasteiger partial charge >= 0.3 is 0 Å². The van der Waals surface area contributed by atoms with Crippen LogP contribution in [0.4, 0.5) is 0 Å². The molecule has 17 heavy (non-hydrogen) atoms. The van der Waals surface area contributed by atoms with E-state index in [1.807, 2.05) is 12.3 Å². The van der Waals surface area contributed by atoms with Crippen LogP contribution < -0.4 is 10.9 Å². The van der Waals surface area contributed by atoms with Gasteiger partial charge in [-0.1, -0.05) is 0 Å². The van der Waals surface area contributed by atoms with Crippen LogP contribution in [-0.2, 0) is 0 Å². The predicted octanol–water partition coefficient (Wildman–Crippen LogP) is 2.05. The Morgan fingerprint density at radius 1 is 1.47 bits per heavy atom. The second-order valence-electron chi connectivity index (χ2n) is 4.12. The number of hydrazine groups is 1. The highest BCUT2D eigenvalue weighted by Crippen LogP contribution is 2.33. The molecule has 0 aliphatic carbocycles. The first-order valence-corrected chi connectivity index (χ1v) is 6.52. The first-order valence-electron chi connectivity index (χ1n) is 5.71. The number of hydrogen-bond donors (Lipinski definition) is 2. The molecule has 0 bridgehead atoms. The molecule has 1 aliphatic rings. The van der Waals surface area contributed by atoms with Gasteiger partial charge in [0.1, 0.15) is 5.01 Å². The minimum atomic E-state index is 0.401. The van der Waals surface area contributed by atoms with Crippen LogP contribution in [-0.4, -0.2) is 16.5 Å². The van der Waals surface area contributed by atoms with Gasteiger partial charge in [0, 0.05) is 29.4 Å². The standard InChI is InChI=1S/C12H14N4S/c1-8-11(10-4-6-14-16-10)17-12(15-8)9-3-2-5-13-7-9/h2-3,5,7,10,14,16H,4,6H2,1H3. The zero-order valence-corrected chi connectivity index (χ0v) is 10.4. The second-order valence-corrected chi connectivity index (χ2v) is 5.15. The molecule has 1 aliphatic heterocycles. The van der Waals surface area contributed by atoms with Crippen molar-refractivity contribution in [3.05, 3.63) is 35.1 Å². The topological polar surface area (TPSA) is 49.8 Å². The molecule has 2 aromatic heterocycles. The van der Waals surface area contributed by atoms with Crippen molar-refractivity contribution in [2.24, 2.45) is 0 Å². The fourth-order valence-electron chi connectivity index (χ4n) is 2.02. The van der Waals surface area contributed by atoms with Crippen molar-refractivity contribution in [3.8, 4) is 10.6 Å². The summed E-state index contributed by atoms with van der Waals surface area (Å²) < 4.78 is 0. The summed E-state index contributed by atoms with van der Waals surface area (Å²) in [7, 11) is 0. The third kappa shape index (κ3) is 2.09. The van der Waals surface area contributed by atoms with Crippen molar-refractivity contribution in [3.63, 3.8) is 0 Å². The van der Waals surface area contributed by atoms with Crippen LogP contribution >= 0.6 is 11.3 Å². The summed E-state index contributed by atoms with van der Waals surface area (Å²) in [4.78, 5) is 10.1. The molecule has 1 fully saturated rings. The van der Waals surface area contributed by atoms with Crippen LogP contribution in [0.1, 0.15) is 23.0 Å². The Balaban J connectivity index is 1.95. The number of pyridine rings is 1. The lowest BCUT2D eigenvalue weighted by atomic mass is 10.2. The van der Waals surface area contributed by atoms with Crippen molar-refractivity contribution in [1.29, 1.82) is 0 Å². The van der Waals surface area contributed by atoms with Gasteiger partial charge in [-0.3, -0.25) is 10.4 Å². The average Bonchev–Trinajstić information content (AvgIpc) is 2.99. The van der Waals surface area contributed by atoms with E-state index in [-0.39, 0.29) is 0 Å². The Kier molecular flexibility index (Phi) is 2.88. The number of thiazole rings is 1. The van der Waals surface area contributed by atoms with Crippen LogP contribution in [0.15, 0.2) is 24.5 Å². The van der Waals surface area contributed by atoms with Crippen LogP contribution in [0.25, 0.3) is 10.6 Å². The maximum Gasteiger partial charge on any atom is 0.125 e. The quantitative estimate of drug-likeness (QED) is 0.851. The van der Waals surface area contributed by atoms with Crippen molar-refractivity contribution in [1.82, 2.24) is 20.8 Å². The fourth-order valence-corrected chi connectivity index (χ4v) is 3.17. The summed E-state index contributed by atoms with van der Waals surface area (Å²) in [5, 5.41) is 1.05. The largest absolute Gasteiger partial charge is 0.264 e. The lowest BCUT2D eigenvalue weighted by Gasteiger charge is -2.06. The predicted molar refractivity (Wildman–Crippen MR) is 68.6 cm³/mol. The molecular weight excluding hydrogens is 232 g/mol. The van der Waals surface area contributed by atoms with Gasteiger partial charge in [-0.15, -0.1) is 11.3 Å². The Morgan fingerprint density at radius 2 is 2.41 bits per heavy atom. The first kappa shape index (κ1) is 10.8. The SMILES string of the molecule is Cc1nc(-c2cccnc2)sc1C1CCNN1. The number of aromatic nitrogens is 2. The Labute approximate surface area is 104 Å². The molecule has 2 aromatic rings. The smallest absolute Gasteiger partial charge is 0.125 e. The molecule has 0 amide bonds. The Hall–Kier alpha value is -1.30. The lowest BCUT2D eigenvalue weighted by Crippen LogP contribution is -2.24. The first-order chi connectivity index (χ1) is 8.34. The Morgan fingerprint density at radius 3 is 3.12 bits per heavy atom. The van der Waals surface area contributed by atoms with Gasteiger partial charge in [-0.05, 0) is 25.5 Å². The molecule has 0 aromatic carbocycles. The summed E-state index contributed by atoms with van der Waals surface area (Å²) in [6.07, 6.45) is 4.77. The van der Waals surface area contributed by atoms with Crippen LogP contribution in [0, 0.1) is 6.92 Å². The van der Waals surface area contributed by atoms with Gasteiger partial charge in [0.2, 0.25) is 0 Å². The number of rotatable bonds is 2. The number of nitrogens with one attached hydrogen (secondary N) is 2. The summed E-state index contributed by atoms with van der Waals surface area (Å²) in [5.41, 5.74) is 8.66. The molecule has 0 spiro atoms. The van der Waals surface area contributed by atoms with E-state index in [4.69, 9.17) is 0 Å². The van der Waals surface area contributed by atoms with E-state index in [0.29, 0.717) is 6.04 Å². The second kappa shape index (κ2) is 4.52. The molecule has 3 rings (SSSR count). The molecule has 4 nitrogen and oxygen atoms in total. The lowest BCUT2D eigenvalue weighted by molar-refractivity contribution is 0.585. The van der Waals surface area contributed by atoms with Gasteiger partial charge in [0.05, 0.1) is 11.7 Å². The number of hydrogen-bond acceptors (Lipinski definition) is 5. The highest BCUT2D eigenvalue weighted by Gasteiger charge is 2.21. The van der Waals surface area contributed by atoms with E-state index in [2.05, 4.69) is 33.8 Å². The maximum absolute atomic E-state index is 4.64. The van der Waals surface area contributed by atoms with Gasteiger partial charge in [0.25, 0.3) is 0 Å². The highest BCUT2D eigenvalue weighted by molar-refractivity contribution is 7.15. The summed E-state index contributed by atoms with van der Waals surface area (Å²) in [5.74, 6) is 0. The van der Waals surface area contributed by atoms with Crippen LogP contribution in [0.3, 0.4) is 0 Å². The molecule has 3 heterocycles. The van der Waals surface area contributed by atoms with E-state index in [0.717, 1.165) is 29.2 Å². The minimum absolute atomic E-state index is 0.401. The summed E-state index contributed by atoms with van der Waals surface area (Å²) in [6.45, 7) is 3.09. The van der Waals surface area contributed by atoms with E-state index in [1.165, 1.54) is 4.88 Å². The average molecular weight is 246 g/mol. The molecule has 1 unspecified atom stereocenters. The van der Waals surface area contributed by atoms with E-state index < -0.39 is 0 Å². The molecule has 2 N–H and O–H groups in total. The molecule has 1 saturated heterocycles. The fraction of sp³-hybridized carbons (Fsp3) is 0.333. The third-order valence-corrected chi connectivity index (χ3v) is 4.21.